The van der Waals surface area contributed by atoms with Crippen molar-refractivity contribution < 1.29 is 23.8 Å². The first kappa shape index (κ1) is 19.9. The molecule has 1 heterocycles. The fraction of sp³-hybridized carbons (Fsp3) is 0.579. The van der Waals surface area contributed by atoms with Crippen LogP contribution in [-0.2, 0) is 4.74 Å². The second kappa shape index (κ2) is 8.29. The monoisotopic (exact) mass is 364 g/mol. The molecule has 7 heteroatoms. The third-order valence-corrected chi connectivity index (χ3v) is 4.22. The van der Waals surface area contributed by atoms with Gasteiger partial charge in [-0.25, -0.2) is 4.79 Å². The number of carbonyl (C=O) groups excluding carboxylic acids is 2. The number of aldehydes is 1. The summed E-state index contributed by atoms with van der Waals surface area (Å²) < 4.78 is 15.9. The molecular weight excluding hydrogens is 336 g/mol. The third-order valence-electron chi connectivity index (χ3n) is 4.22. The Hall–Kier alpha value is -2.44. The first-order chi connectivity index (χ1) is 12.3. The largest absolute Gasteiger partial charge is 0.493 e. The van der Waals surface area contributed by atoms with Crippen molar-refractivity contribution in [1.82, 2.24) is 5.32 Å². The highest BCUT2D eigenvalue weighted by molar-refractivity contribution is 5.87. The van der Waals surface area contributed by atoms with Gasteiger partial charge in [-0.2, -0.15) is 0 Å². The van der Waals surface area contributed by atoms with Gasteiger partial charge in [-0.1, -0.05) is 0 Å². The molecule has 0 radical (unpaired) electrons. The van der Waals surface area contributed by atoms with E-state index < -0.39 is 11.7 Å². The summed E-state index contributed by atoms with van der Waals surface area (Å²) in [4.78, 5) is 25.4. The maximum atomic E-state index is 11.8. The zero-order chi connectivity index (χ0) is 19.3. The van der Waals surface area contributed by atoms with Gasteiger partial charge in [0.15, 0.2) is 17.8 Å². The molecular formula is C19H28N2O5. The lowest BCUT2D eigenvalue weighted by molar-refractivity contribution is 0.0520. The topological polar surface area (TPSA) is 77.1 Å². The smallest absolute Gasteiger partial charge is 0.407 e. The Labute approximate surface area is 154 Å². The molecule has 26 heavy (non-hydrogen) atoms. The van der Waals surface area contributed by atoms with Crippen molar-refractivity contribution in [2.75, 3.05) is 38.8 Å². The van der Waals surface area contributed by atoms with Crippen molar-refractivity contribution in [2.24, 2.45) is 5.92 Å². The van der Waals surface area contributed by atoms with Crippen molar-refractivity contribution in [1.29, 1.82) is 0 Å². The normalized spacial score (nSPS) is 17.0. The van der Waals surface area contributed by atoms with Crippen molar-refractivity contribution in [3.8, 4) is 11.5 Å². The van der Waals surface area contributed by atoms with Gasteiger partial charge in [-0.05, 0) is 39.2 Å². The second-order valence-electron chi connectivity index (χ2n) is 7.37. The molecule has 0 saturated carbocycles. The van der Waals surface area contributed by atoms with E-state index in [2.05, 4.69) is 10.2 Å². The lowest BCUT2D eigenvalue weighted by Gasteiger charge is -2.23. The molecule has 1 saturated heterocycles. The van der Waals surface area contributed by atoms with Crippen molar-refractivity contribution in [3.63, 3.8) is 0 Å². The Kier molecular flexibility index (Phi) is 6.34. The minimum Gasteiger partial charge on any atom is -0.493 e. The van der Waals surface area contributed by atoms with E-state index in [1.54, 1.807) is 20.3 Å². The minimum absolute atomic E-state index is 0.287. The van der Waals surface area contributed by atoms with Crippen LogP contribution < -0.4 is 19.7 Å². The lowest BCUT2D eigenvalue weighted by atomic mass is 10.1. The molecule has 1 aliphatic heterocycles. The zero-order valence-corrected chi connectivity index (χ0v) is 16.1. The average molecular weight is 364 g/mol. The van der Waals surface area contributed by atoms with E-state index in [-0.39, 0.29) is 5.92 Å². The number of hydrogen-bond acceptors (Lipinski definition) is 6. The summed E-state index contributed by atoms with van der Waals surface area (Å²) in [7, 11) is 3.11. The lowest BCUT2D eigenvalue weighted by Crippen LogP contribution is -2.36. The van der Waals surface area contributed by atoms with Crippen LogP contribution in [0.15, 0.2) is 12.1 Å². The summed E-state index contributed by atoms with van der Waals surface area (Å²) in [5.41, 5.74) is 0.866. The van der Waals surface area contributed by atoms with E-state index in [9.17, 15) is 9.59 Å². The Morgan fingerprint density at radius 2 is 1.92 bits per heavy atom. The number of hydrogen-bond donors (Lipinski definition) is 1. The number of anilines is 1. The molecule has 0 aromatic heterocycles. The number of carbonyl (C=O) groups is 2. The molecule has 144 valence electrons. The van der Waals surface area contributed by atoms with E-state index in [1.165, 1.54) is 0 Å². The third kappa shape index (κ3) is 5.03. The number of ether oxygens (including phenoxy) is 3. The van der Waals surface area contributed by atoms with Crippen LogP contribution in [0.5, 0.6) is 11.5 Å². The Morgan fingerprint density at radius 1 is 1.27 bits per heavy atom. The highest BCUT2D eigenvalue weighted by Crippen LogP contribution is 2.36. The SMILES string of the molecule is COc1cc(C=O)c(N2CCC(CNC(=O)OC(C)(C)C)C2)cc1OC. The molecule has 1 amide bonds. The fourth-order valence-corrected chi connectivity index (χ4v) is 3.01. The van der Waals surface area contributed by atoms with E-state index >= 15 is 0 Å². The van der Waals surface area contributed by atoms with Crippen LogP contribution in [-0.4, -0.2) is 51.8 Å². The number of nitrogens with zero attached hydrogens (tertiary/aromatic N) is 1. The van der Waals surface area contributed by atoms with Crippen LogP contribution in [0.3, 0.4) is 0 Å². The molecule has 1 aromatic rings. The van der Waals surface area contributed by atoms with Gasteiger partial charge in [0, 0.05) is 31.3 Å². The first-order valence-electron chi connectivity index (χ1n) is 8.70. The minimum atomic E-state index is -0.510. The van der Waals surface area contributed by atoms with Gasteiger partial charge in [-0.15, -0.1) is 0 Å². The average Bonchev–Trinajstić information content (AvgIpc) is 3.06. The number of methoxy groups -OCH3 is 2. The van der Waals surface area contributed by atoms with Gasteiger partial charge in [0.05, 0.1) is 19.9 Å². The number of alkyl carbamates (subject to hydrolysis) is 1. The van der Waals surface area contributed by atoms with E-state index in [4.69, 9.17) is 14.2 Å². The van der Waals surface area contributed by atoms with Gasteiger partial charge >= 0.3 is 6.09 Å². The molecule has 2 rings (SSSR count). The summed E-state index contributed by atoms with van der Waals surface area (Å²) in [6, 6.07) is 3.51. The van der Waals surface area contributed by atoms with Crippen LogP contribution in [0.2, 0.25) is 0 Å². The van der Waals surface area contributed by atoms with Gasteiger partial charge in [0.25, 0.3) is 0 Å². The number of benzene rings is 1. The van der Waals surface area contributed by atoms with Crippen LogP contribution in [0, 0.1) is 5.92 Å². The number of rotatable bonds is 6. The maximum Gasteiger partial charge on any atom is 0.407 e. The molecule has 0 spiro atoms. The fourth-order valence-electron chi connectivity index (χ4n) is 3.01. The van der Waals surface area contributed by atoms with Gasteiger partial charge in [-0.3, -0.25) is 4.79 Å². The molecule has 1 atom stereocenters. The number of nitrogens with one attached hydrogen (secondary N) is 1. The molecule has 1 aliphatic rings. The zero-order valence-electron chi connectivity index (χ0n) is 16.1. The summed E-state index contributed by atoms with van der Waals surface area (Å²) in [5.74, 6) is 1.40. The maximum absolute atomic E-state index is 11.8. The van der Waals surface area contributed by atoms with Gasteiger partial charge in [0.1, 0.15) is 5.60 Å². The Morgan fingerprint density at radius 3 is 2.50 bits per heavy atom. The summed E-state index contributed by atoms with van der Waals surface area (Å²) in [5, 5.41) is 2.82. The van der Waals surface area contributed by atoms with Crippen LogP contribution in [0.25, 0.3) is 0 Å². The summed E-state index contributed by atoms with van der Waals surface area (Å²) in [6.07, 6.45) is 1.34. The molecule has 1 aromatic carbocycles. The van der Waals surface area contributed by atoms with Crippen LogP contribution in [0.1, 0.15) is 37.6 Å². The predicted octanol–water partition coefficient (Wildman–Crippen LogP) is 2.87. The van der Waals surface area contributed by atoms with Crippen molar-refractivity contribution in [2.45, 2.75) is 32.8 Å². The second-order valence-corrected chi connectivity index (χ2v) is 7.37. The summed E-state index contributed by atoms with van der Waals surface area (Å²) in [6.45, 7) is 7.59. The highest BCUT2D eigenvalue weighted by atomic mass is 16.6. The molecule has 7 nitrogen and oxygen atoms in total. The quantitative estimate of drug-likeness (QED) is 0.782. The van der Waals surface area contributed by atoms with E-state index in [1.807, 2.05) is 26.8 Å². The van der Waals surface area contributed by atoms with Crippen molar-refractivity contribution >= 4 is 18.1 Å². The van der Waals surface area contributed by atoms with Crippen LogP contribution >= 0.6 is 0 Å². The number of amides is 1. The molecule has 1 N–H and O–H groups in total. The molecule has 0 aliphatic carbocycles. The Bertz CT molecular complexity index is 654. The molecule has 1 fully saturated rings. The van der Waals surface area contributed by atoms with Gasteiger partial charge < -0.3 is 24.4 Å². The highest BCUT2D eigenvalue weighted by Gasteiger charge is 2.26. The molecule has 1 unspecified atom stereocenters. The Balaban J connectivity index is 2.02. The van der Waals surface area contributed by atoms with E-state index in [0.717, 1.165) is 31.5 Å². The molecule has 0 bridgehead atoms. The standard InChI is InChI=1S/C19H28N2O5/c1-19(2,3)26-18(23)20-10-13-6-7-21(11-13)15-9-17(25-5)16(24-4)8-14(15)12-22/h8-9,12-13H,6-7,10-11H2,1-5H3,(H,20,23). The van der Waals surface area contributed by atoms with Crippen LogP contribution in [0.4, 0.5) is 10.5 Å². The predicted molar refractivity (Wildman–Crippen MR) is 99.5 cm³/mol. The van der Waals surface area contributed by atoms with Crippen molar-refractivity contribution in [3.05, 3.63) is 17.7 Å². The summed E-state index contributed by atoms with van der Waals surface area (Å²) >= 11 is 0. The van der Waals surface area contributed by atoms with E-state index in [0.29, 0.717) is 23.6 Å². The first-order valence-corrected chi connectivity index (χ1v) is 8.70. The van der Waals surface area contributed by atoms with Gasteiger partial charge in [0.2, 0.25) is 0 Å².